The molecule has 7 nitrogen and oxygen atoms in total. The van der Waals surface area contributed by atoms with Crippen LogP contribution in [0.5, 0.6) is 17.2 Å². The van der Waals surface area contributed by atoms with E-state index in [1.54, 1.807) is 0 Å². The Morgan fingerprint density at radius 2 is 1.62 bits per heavy atom. The lowest BCUT2D eigenvalue weighted by molar-refractivity contribution is -0.136. The first-order chi connectivity index (χ1) is 13.5. The first-order valence-corrected chi connectivity index (χ1v) is 9.27. The number of fused-ring (bicyclic) bond motifs is 1. The number of alkyl halides is 3. The lowest BCUT2D eigenvalue weighted by Gasteiger charge is -2.13. The second kappa shape index (κ2) is 7.32. The molecule has 0 spiro atoms. The van der Waals surface area contributed by atoms with Crippen molar-refractivity contribution in [2.45, 2.75) is 11.1 Å². The number of methoxy groups -OCH3 is 2. The molecule has 0 N–H and O–H groups in total. The van der Waals surface area contributed by atoms with Gasteiger partial charge >= 0.3 is 21.9 Å². The monoisotopic (exact) mass is 430 g/mol. The summed E-state index contributed by atoms with van der Waals surface area (Å²) in [6, 6.07) is 7.16. The van der Waals surface area contributed by atoms with Crippen molar-refractivity contribution >= 4 is 21.1 Å². The van der Waals surface area contributed by atoms with Crippen LogP contribution in [-0.2, 0) is 16.3 Å². The van der Waals surface area contributed by atoms with E-state index in [9.17, 15) is 26.4 Å². The third-order valence-electron chi connectivity index (χ3n) is 3.87. The molecular formula is C18H13F3O7S. The highest BCUT2D eigenvalue weighted by molar-refractivity contribution is 7.87. The highest BCUT2D eigenvalue weighted by Gasteiger charge is 2.34. The van der Waals surface area contributed by atoms with Crippen LogP contribution in [0.25, 0.3) is 11.0 Å². The fourth-order valence-electron chi connectivity index (χ4n) is 2.58. The largest absolute Gasteiger partial charge is 0.497 e. The molecule has 0 aliphatic heterocycles. The van der Waals surface area contributed by atoms with Crippen molar-refractivity contribution in [3.05, 3.63) is 58.4 Å². The van der Waals surface area contributed by atoms with Crippen LogP contribution in [0.1, 0.15) is 5.56 Å². The summed E-state index contributed by atoms with van der Waals surface area (Å²) < 4.78 is 84.4. The maximum Gasteiger partial charge on any atom is 0.417 e. The molecule has 0 aliphatic carbocycles. The molecule has 3 rings (SSSR count). The summed E-state index contributed by atoms with van der Waals surface area (Å²) in [5.41, 5.74) is -2.91. The highest BCUT2D eigenvalue weighted by Crippen LogP contribution is 2.36. The quantitative estimate of drug-likeness (QED) is 0.451. The lowest BCUT2D eigenvalue weighted by atomic mass is 10.1. The molecule has 1 heterocycles. The van der Waals surface area contributed by atoms with Crippen molar-refractivity contribution in [3.8, 4) is 17.2 Å². The second-order valence-electron chi connectivity index (χ2n) is 5.69. The number of rotatable bonds is 5. The van der Waals surface area contributed by atoms with Gasteiger partial charge in [0, 0.05) is 23.6 Å². The van der Waals surface area contributed by atoms with Gasteiger partial charge in [-0.3, -0.25) is 0 Å². The van der Waals surface area contributed by atoms with Gasteiger partial charge in [-0.05, 0) is 24.3 Å². The molecule has 0 fully saturated rings. The summed E-state index contributed by atoms with van der Waals surface area (Å²) in [5.74, 6) is -0.172. The summed E-state index contributed by atoms with van der Waals surface area (Å²) >= 11 is 0. The average molecular weight is 430 g/mol. The van der Waals surface area contributed by atoms with E-state index in [2.05, 4.69) is 0 Å². The van der Waals surface area contributed by atoms with Gasteiger partial charge < -0.3 is 18.1 Å². The van der Waals surface area contributed by atoms with E-state index in [0.29, 0.717) is 6.07 Å². The Morgan fingerprint density at radius 1 is 0.931 bits per heavy atom. The van der Waals surface area contributed by atoms with E-state index in [-0.39, 0.29) is 22.1 Å². The zero-order chi connectivity index (χ0) is 21.4. The van der Waals surface area contributed by atoms with E-state index in [4.69, 9.17) is 18.1 Å². The third-order valence-corrected chi connectivity index (χ3v) is 5.14. The Bertz CT molecular complexity index is 1230. The van der Waals surface area contributed by atoms with E-state index in [0.717, 1.165) is 24.3 Å². The van der Waals surface area contributed by atoms with Crippen molar-refractivity contribution in [2.75, 3.05) is 14.2 Å². The van der Waals surface area contributed by atoms with Gasteiger partial charge in [0.15, 0.2) is 4.90 Å². The van der Waals surface area contributed by atoms with E-state index in [1.807, 2.05) is 0 Å². The van der Waals surface area contributed by atoms with Gasteiger partial charge in [0.1, 0.15) is 22.8 Å². The average Bonchev–Trinajstić information content (AvgIpc) is 2.65. The van der Waals surface area contributed by atoms with Gasteiger partial charge in [0.05, 0.1) is 19.8 Å². The fourth-order valence-corrected chi connectivity index (χ4v) is 3.69. The molecule has 11 heteroatoms. The molecule has 0 saturated heterocycles. The van der Waals surface area contributed by atoms with Crippen molar-refractivity contribution in [1.29, 1.82) is 0 Å². The third kappa shape index (κ3) is 4.14. The van der Waals surface area contributed by atoms with Crippen LogP contribution in [0.4, 0.5) is 13.2 Å². The Morgan fingerprint density at radius 3 is 2.24 bits per heavy atom. The number of hydrogen-bond acceptors (Lipinski definition) is 7. The van der Waals surface area contributed by atoms with Gasteiger partial charge in [-0.15, -0.1) is 0 Å². The normalized spacial score (nSPS) is 12.0. The Kier molecular flexibility index (Phi) is 5.18. The number of benzene rings is 2. The molecule has 0 amide bonds. The van der Waals surface area contributed by atoms with Gasteiger partial charge in [-0.1, -0.05) is 0 Å². The highest BCUT2D eigenvalue weighted by atomic mass is 32.2. The van der Waals surface area contributed by atoms with E-state index in [1.165, 1.54) is 26.4 Å². The van der Waals surface area contributed by atoms with Gasteiger partial charge in [-0.2, -0.15) is 21.6 Å². The Balaban J connectivity index is 2.08. The van der Waals surface area contributed by atoms with Crippen LogP contribution >= 0.6 is 0 Å². The minimum atomic E-state index is -4.80. The molecule has 29 heavy (non-hydrogen) atoms. The minimum Gasteiger partial charge on any atom is -0.497 e. The Hall–Kier alpha value is -3.21. The summed E-state index contributed by atoms with van der Waals surface area (Å²) in [4.78, 5) is 11.1. The number of ether oxygens (including phenoxy) is 2. The maximum absolute atomic E-state index is 13.1. The summed E-state index contributed by atoms with van der Waals surface area (Å²) in [6.07, 6.45) is -4.80. The SMILES string of the molecule is COc1ccc(OC)c(S(=O)(=O)Oc2ccc3c(C(F)(F)F)cc(=O)oc3c2)c1. The molecular weight excluding hydrogens is 417 g/mol. The molecule has 154 valence electrons. The standard InChI is InChI=1S/C18H13F3O7S/c1-25-10-4-6-14(26-2)16(8-10)29(23,24)28-11-3-5-12-13(18(19,20)21)9-17(22)27-15(12)7-11/h3-9H,1-2H3. The maximum atomic E-state index is 13.1. The first kappa shape index (κ1) is 20.5. The van der Waals surface area contributed by atoms with Crippen molar-refractivity contribution in [1.82, 2.24) is 0 Å². The van der Waals surface area contributed by atoms with Crippen LogP contribution in [0, 0.1) is 0 Å². The predicted molar refractivity (Wildman–Crippen MR) is 94.8 cm³/mol. The summed E-state index contributed by atoms with van der Waals surface area (Å²) in [6.45, 7) is 0. The second-order valence-corrected chi connectivity index (χ2v) is 7.20. The smallest absolute Gasteiger partial charge is 0.417 e. The van der Waals surface area contributed by atoms with Crippen LogP contribution in [0.2, 0.25) is 0 Å². The lowest BCUT2D eigenvalue weighted by Crippen LogP contribution is -2.12. The molecule has 0 aliphatic rings. The minimum absolute atomic E-state index is 0.0301. The predicted octanol–water partition coefficient (Wildman–Crippen LogP) is 3.60. The van der Waals surface area contributed by atoms with Gasteiger partial charge in [-0.25, -0.2) is 4.79 Å². The van der Waals surface area contributed by atoms with Crippen molar-refractivity contribution in [3.63, 3.8) is 0 Å². The van der Waals surface area contributed by atoms with Crippen LogP contribution < -0.4 is 19.3 Å². The summed E-state index contributed by atoms with van der Waals surface area (Å²) in [5, 5.41) is -0.416. The molecule has 0 atom stereocenters. The molecule has 3 aromatic rings. The van der Waals surface area contributed by atoms with Crippen molar-refractivity contribution in [2.24, 2.45) is 0 Å². The molecule has 2 aromatic carbocycles. The van der Waals surface area contributed by atoms with Crippen molar-refractivity contribution < 1.29 is 39.7 Å². The number of hydrogen-bond donors (Lipinski definition) is 0. The topological polar surface area (TPSA) is 92.0 Å². The molecule has 1 aromatic heterocycles. The van der Waals surface area contributed by atoms with E-state index < -0.39 is 38.5 Å². The van der Waals surface area contributed by atoms with E-state index >= 15 is 0 Å². The molecule has 0 saturated carbocycles. The first-order valence-electron chi connectivity index (χ1n) is 7.87. The zero-order valence-corrected chi connectivity index (χ0v) is 15.8. The molecule has 0 bridgehead atoms. The summed E-state index contributed by atoms with van der Waals surface area (Å²) in [7, 11) is -1.86. The van der Waals surface area contributed by atoms with Crippen LogP contribution in [-0.4, -0.2) is 22.6 Å². The fraction of sp³-hybridized carbons (Fsp3) is 0.167. The van der Waals surface area contributed by atoms with Crippen LogP contribution in [0.15, 0.2) is 56.6 Å². The number of halogens is 3. The van der Waals surface area contributed by atoms with Crippen LogP contribution in [0.3, 0.4) is 0 Å². The molecule has 0 unspecified atom stereocenters. The van der Waals surface area contributed by atoms with Gasteiger partial charge in [0.25, 0.3) is 0 Å². The Labute approximate surface area is 162 Å². The van der Waals surface area contributed by atoms with Gasteiger partial charge in [0.2, 0.25) is 0 Å². The zero-order valence-electron chi connectivity index (χ0n) is 14.9. The molecule has 0 radical (unpaired) electrons.